The number of anilines is 1. The molecular weight excluding hydrogens is 254 g/mol. The van der Waals surface area contributed by atoms with Crippen molar-refractivity contribution in [2.45, 2.75) is 20.3 Å². The van der Waals surface area contributed by atoms with Gasteiger partial charge in [0, 0.05) is 25.7 Å². The number of carbonyl (C=O) groups excluding carboxylic acids is 1. The maximum atomic E-state index is 12.0. The molecule has 0 fully saturated rings. The second-order valence-corrected chi connectivity index (χ2v) is 4.82. The zero-order valence-corrected chi connectivity index (χ0v) is 12.2. The maximum absolute atomic E-state index is 12.0. The molecule has 1 rings (SSSR count). The number of amides is 1. The van der Waals surface area contributed by atoms with Gasteiger partial charge in [-0.1, -0.05) is 24.8 Å². The first-order valence-corrected chi connectivity index (χ1v) is 6.56. The Labute approximate surface area is 120 Å². The number of carbonyl (C=O) groups is 1. The van der Waals surface area contributed by atoms with Crippen LogP contribution in [0.3, 0.4) is 0 Å². The van der Waals surface area contributed by atoms with Crippen LogP contribution in [-0.2, 0) is 9.53 Å². The van der Waals surface area contributed by atoms with Gasteiger partial charge in [0.25, 0.3) is 0 Å². The molecule has 0 bridgehead atoms. The molecular formula is C16H21NO3. The number of aliphatic hydroxyl groups excluding tert-OH is 1. The van der Waals surface area contributed by atoms with Crippen LogP contribution in [-0.4, -0.2) is 31.3 Å². The predicted octanol–water partition coefficient (Wildman–Crippen LogP) is 1.95. The van der Waals surface area contributed by atoms with E-state index in [4.69, 9.17) is 9.84 Å². The van der Waals surface area contributed by atoms with E-state index in [-0.39, 0.29) is 18.4 Å². The third-order valence-corrected chi connectivity index (χ3v) is 2.74. The number of ether oxygens (including phenoxy) is 1. The van der Waals surface area contributed by atoms with Crippen molar-refractivity contribution in [1.29, 1.82) is 0 Å². The van der Waals surface area contributed by atoms with Crippen LogP contribution in [0.15, 0.2) is 18.2 Å². The van der Waals surface area contributed by atoms with Gasteiger partial charge in [-0.05, 0) is 30.5 Å². The van der Waals surface area contributed by atoms with Gasteiger partial charge in [-0.3, -0.25) is 4.79 Å². The summed E-state index contributed by atoms with van der Waals surface area (Å²) in [5.41, 5.74) is 2.43. The van der Waals surface area contributed by atoms with Crippen LogP contribution in [0.25, 0.3) is 0 Å². The van der Waals surface area contributed by atoms with Gasteiger partial charge < -0.3 is 15.2 Å². The first kappa shape index (κ1) is 16.2. The summed E-state index contributed by atoms with van der Waals surface area (Å²) in [6.07, 6.45) is 0.397. The summed E-state index contributed by atoms with van der Waals surface area (Å²) in [5, 5.41) is 11.6. The summed E-state index contributed by atoms with van der Waals surface area (Å²) in [6.45, 7) is 4.27. The van der Waals surface area contributed by atoms with Gasteiger partial charge in [0.15, 0.2) is 0 Å². The van der Waals surface area contributed by atoms with Gasteiger partial charge in [0.05, 0.1) is 5.69 Å². The molecule has 0 spiro atoms. The van der Waals surface area contributed by atoms with E-state index in [9.17, 15) is 4.79 Å². The van der Waals surface area contributed by atoms with Crippen molar-refractivity contribution in [3.05, 3.63) is 29.3 Å². The van der Waals surface area contributed by atoms with Crippen LogP contribution in [0.1, 0.15) is 24.5 Å². The second-order valence-electron chi connectivity index (χ2n) is 4.82. The molecule has 1 aromatic rings. The second kappa shape index (κ2) is 8.36. The standard InChI is InChI=1S/C16H21NO3/c1-12-6-7-14(5-4-8-18)15(9-12)17-16(19)10-13(2)11-20-3/h6-7,9,13,18H,8,10-11H2,1-3H3,(H,17,19). The Bertz CT molecular complexity index is 514. The third kappa shape index (κ3) is 5.43. The highest BCUT2D eigenvalue weighted by molar-refractivity contribution is 5.92. The average Bonchev–Trinajstić information content (AvgIpc) is 2.37. The smallest absolute Gasteiger partial charge is 0.224 e. The minimum Gasteiger partial charge on any atom is -0.384 e. The van der Waals surface area contributed by atoms with Gasteiger partial charge in [-0.2, -0.15) is 0 Å². The molecule has 20 heavy (non-hydrogen) atoms. The van der Waals surface area contributed by atoms with E-state index in [0.29, 0.717) is 24.3 Å². The molecule has 0 aliphatic carbocycles. The Morgan fingerprint density at radius 1 is 1.50 bits per heavy atom. The molecule has 0 radical (unpaired) electrons. The molecule has 4 nitrogen and oxygen atoms in total. The summed E-state index contributed by atoms with van der Waals surface area (Å²) < 4.78 is 5.02. The van der Waals surface area contributed by atoms with Gasteiger partial charge in [0.1, 0.15) is 6.61 Å². The van der Waals surface area contributed by atoms with Crippen molar-refractivity contribution in [3.63, 3.8) is 0 Å². The Morgan fingerprint density at radius 3 is 2.90 bits per heavy atom. The monoisotopic (exact) mass is 275 g/mol. The SMILES string of the molecule is COCC(C)CC(=O)Nc1cc(C)ccc1C#CCO. The molecule has 0 aliphatic heterocycles. The minimum atomic E-state index is -0.202. The van der Waals surface area contributed by atoms with Crippen molar-refractivity contribution in [2.24, 2.45) is 5.92 Å². The lowest BCUT2D eigenvalue weighted by molar-refractivity contribution is -0.117. The number of aliphatic hydroxyl groups is 1. The van der Waals surface area contributed by atoms with Gasteiger partial charge in [0.2, 0.25) is 5.91 Å². The Morgan fingerprint density at radius 2 is 2.25 bits per heavy atom. The molecule has 1 aromatic carbocycles. The fraction of sp³-hybridized carbons (Fsp3) is 0.438. The van der Waals surface area contributed by atoms with Gasteiger partial charge in [-0.25, -0.2) is 0 Å². The Hall–Kier alpha value is -1.83. The molecule has 1 unspecified atom stereocenters. The molecule has 0 saturated heterocycles. The summed E-state index contributed by atoms with van der Waals surface area (Å²) in [7, 11) is 1.62. The fourth-order valence-electron chi connectivity index (χ4n) is 1.87. The average molecular weight is 275 g/mol. The van der Waals surface area contributed by atoms with E-state index in [1.807, 2.05) is 32.0 Å². The van der Waals surface area contributed by atoms with Crippen LogP contribution in [0.2, 0.25) is 0 Å². The first-order chi connectivity index (χ1) is 9.56. The van der Waals surface area contributed by atoms with Gasteiger partial charge in [-0.15, -0.1) is 0 Å². The lowest BCUT2D eigenvalue weighted by atomic mass is 10.1. The number of rotatable bonds is 5. The number of hydrogen-bond donors (Lipinski definition) is 2. The number of benzene rings is 1. The first-order valence-electron chi connectivity index (χ1n) is 6.56. The highest BCUT2D eigenvalue weighted by Gasteiger charge is 2.10. The molecule has 0 aliphatic rings. The maximum Gasteiger partial charge on any atom is 0.224 e. The van der Waals surface area contributed by atoms with E-state index in [1.54, 1.807) is 7.11 Å². The van der Waals surface area contributed by atoms with E-state index >= 15 is 0 Å². The summed E-state index contributed by atoms with van der Waals surface area (Å²) in [4.78, 5) is 12.0. The van der Waals surface area contributed by atoms with Crippen molar-refractivity contribution < 1.29 is 14.6 Å². The van der Waals surface area contributed by atoms with Crippen molar-refractivity contribution in [1.82, 2.24) is 0 Å². The van der Waals surface area contributed by atoms with Crippen LogP contribution >= 0.6 is 0 Å². The highest BCUT2D eigenvalue weighted by atomic mass is 16.5. The molecule has 0 aromatic heterocycles. The summed E-state index contributed by atoms with van der Waals surface area (Å²) >= 11 is 0. The number of hydrogen-bond acceptors (Lipinski definition) is 3. The van der Waals surface area contributed by atoms with Crippen LogP contribution in [0.5, 0.6) is 0 Å². The highest BCUT2D eigenvalue weighted by Crippen LogP contribution is 2.17. The normalized spacial score (nSPS) is 11.4. The largest absolute Gasteiger partial charge is 0.384 e. The van der Waals surface area contributed by atoms with Crippen LogP contribution < -0.4 is 5.32 Å². The molecule has 0 heterocycles. The molecule has 1 atom stereocenters. The van der Waals surface area contributed by atoms with Crippen molar-refractivity contribution in [2.75, 3.05) is 25.6 Å². The molecule has 1 amide bonds. The zero-order chi connectivity index (χ0) is 15.0. The van der Waals surface area contributed by atoms with Gasteiger partial charge >= 0.3 is 0 Å². The van der Waals surface area contributed by atoms with E-state index in [1.165, 1.54) is 0 Å². The zero-order valence-electron chi connectivity index (χ0n) is 12.2. The molecule has 108 valence electrons. The quantitative estimate of drug-likeness (QED) is 0.808. The van der Waals surface area contributed by atoms with Crippen molar-refractivity contribution in [3.8, 4) is 11.8 Å². The molecule has 2 N–H and O–H groups in total. The topological polar surface area (TPSA) is 58.6 Å². The minimum absolute atomic E-state index is 0.0628. The van der Waals surface area contributed by atoms with E-state index in [2.05, 4.69) is 17.2 Å². The Kier molecular flexibility index (Phi) is 6.78. The van der Waals surface area contributed by atoms with E-state index in [0.717, 1.165) is 5.56 Å². The summed E-state index contributed by atoms with van der Waals surface area (Å²) in [5.74, 6) is 5.53. The fourth-order valence-corrected chi connectivity index (χ4v) is 1.87. The summed E-state index contributed by atoms with van der Waals surface area (Å²) in [6, 6.07) is 5.64. The van der Waals surface area contributed by atoms with Crippen LogP contribution in [0.4, 0.5) is 5.69 Å². The molecule has 4 heteroatoms. The lowest BCUT2D eigenvalue weighted by Crippen LogP contribution is -2.18. The number of nitrogens with one attached hydrogen (secondary N) is 1. The number of methoxy groups -OCH3 is 1. The lowest BCUT2D eigenvalue weighted by Gasteiger charge is -2.12. The Balaban J connectivity index is 2.79. The van der Waals surface area contributed by atoms with Crippen LogP contribution in [0, 0.1) is 24.7 Å². The third-order valence-electron chi connectivity index (χ3n) is 2.74. The van der Waals surface area contributed by atoms with Crippen molar-refractivity contribution >= 4 is 11.6 Å². The van der Waals surface area contributed by atoms with E-state index < -0.39 is 0 Å². The molecule has 0 saturated carbocycles. The predicted molar refractivity (Wildman–Crippen MR) is 79.4 cm³/mol. The number of aryl methyl sites for hydroxylation is 1.